The van der Waals surface area contributed by atoms with Gasteiger partial charge < -0.3 is 4.90 Å². The van der Waals surface area contributed by atoms with Crippen molar-refractivity contribution in [2.45, 2.75) is 13.8 Å². The van der Waals surface area contributed by atoms with Gasteiger partial charge in [-0.25, -0.2) is 0 Å². The summed E-state index contributed by atoms with van der Waals surface area (Å²) in [5, 5.41) is 0. The summed E-state index contributed by atoms with van der Waals surface area (Å²) in [6.45, 7) is 7.95. The molecule has 0 aliphatic carbocycles. The molecule has 0 unspecified atom stereocenters. The number of fused-ring (bicyclic) bond motifs is 1. The Morgan fingerprint density at radius 1 is 1.33 bits per heavy atom. The quantitative estimate of drug-likeness (QED) is 0.478. The summed E-state index contributed by atoms with van der Waals surface area (Å²) < 4.78 is 0. The largest absolute Gasteiger partial charge is 0.300 e. The number of benzene rings is 1. The Labute approximate surface area is 111 Å². The molecule has 94 valence electrons. The smallest absolute Gasteiger partial charge is 0.299 e. The first-order valence-corrected chi connectivity index (χ1v) is 6.19. The van der Waals surface area contributed by atoms with Crippen LogP contribution in [0, 0.1) is 13.8 Å². The van der Waals surface area contributed by atoms with Gasteiger partial charge in [0.2, 0.25) is 0 Å². The summed E-state index contributed by atoms with van der Waals surface area (Å²) in [5.74, 6) is -0.668. The van der Waals surface area contributed by atoms with Gasteiger partial charge in [-0.15, -0.1) is 11.6 Å². The minimum atomic E-state index is -0.495. The second-order valence-corrected chi connectivity index (χ2v) is 4.77. The third kappa shape index (κ3) is 1.85. The standard InChI is InChI=1S/C14H14ClNO2/c1-8(6-15)7-16-12-10(3)9(2)4-5-11(12)13(17)14(16)18/h4-5H,1,6-7H2,2-3H3. The van der Waals surface area contributed by atoms with Crippen LogP contribution < -0.4 is 4.90 Å². The van der Waals surface area contributed by atoms with E-state index in [-0.39, 0.29) is 5.88 Å². The maximum absolute atomic E-state index is 12.0. The first-order valence-electron chi connectivity index (χ1n) is 5.66. The number of Topliss-reactive ketones (excluding diaryl/α,β-unsaturated/α-hetero) is 1. The highest BCUT2D eigenvalue weighted by atomic mass is 35.5. The summed E-state index contributed by atoms with van der Waals surface area (Å²) in [4.78, 5) is 25.3. The molecule has 2 rings (SSSR count). The lowest BCUT2D eigenvalue weighted by Gasteiger charge is -2.19. The zero-order valence-electron chi connectivity index (χ0n) is 10.4. The van der Waals surface area contributed by atoms with Crippen molar-refractivity contribution in [1.82, 2.24) is 0 Å². The van der Waals surface area contributed by atoms with Crippen molar-refractivity contribution >= 4 is 29.0 Å². The van der Waals surface area contributed by atoms with Crippen LogP contribution in [0.25, 0.3) is 0 Å². The van der Waals surface area contributed by atoms with E-state index >= 15 is 0 Å². The fraction of sp³-hybridized carbons (Fsp3) is 0.286. The number of ketones is 1. The van der Waals surface area contributed by atoms with Crippen molar-refractivity contribution in [2.75, 3.05) is 17.3 Å². The number of rotatable bonds is 3. The molecule has 1 aliphatic heterocycles. The van der Waals surface area contributed by atoms with Gasteiger partial charge in [-0.2, -0.15) is 0 Å². The third-order valence-corrected chi connectivity index (χ3v) is 3.60. The SMILES string of the molecule is C=C(CCl)CN1C(=O)C(=O)c2ccc(C)c(C)c21. The molecule has 0 aromatic heterocycles. The van der Waals surface area contributed by atoms with E-state index in [4.69, 9.17) is 11.6 Å². The van der Waals surface area contributed by atoms with Crippen LogP contribution in [0.15, 0.2) is 24.3 Å². The van der Waals surface area contributed by atoms with Crippen molar-refractivity contribution in [3.8, 4) is 0 Å². The molecule has 4 heteroatoms. The summed E-state index contributed by atoms with van der Waals surface area (Å²) in [6.07, 6.45) is 0. The van der Waals surface area contributed by atoms with Crippen LogP contribution in [0.3, 0.4) is 0 Å². The number of hydrogen-bond donors (Lipinski definition) is 0. The Kier molecular flexibility index (Phi) is 3.26. The van der Waals surface area contributed by atoms with E-state index in [1.165, 1.54) is 4.90 Å². The fourth-order valence-electron chi connectivity index (χ4n) is 2.09. The lowest BCUT2D eigenvalue weighted by molar-refractivity contribution is -0.114. The van der Waals surface area contributed by atoms with Crippen LogP contribution in [0.2, 0.25) is 0 Å². The third-order valence-electron chi connectivity index (χ3n) is 3.23. The maximum atomic E-state index is 12.0. The Morgan fingerprint density at radius 3 is 2.61 bits per heavy atom. The molecule has 0 saturated carbocycles. The molecule has 0 N–H and O–H groups in total. The van der Waals surface area contributed by atoms with Gasteiger partial charge in [0, 0.05) is 12.4 Å². The van der Waals surface area contributed by atoms with Crippen molar-refractivity contribution in [3.63, 3.8) is 0 Å². The van der Waals surface area contributed by atoms with E-state index < -0.39 is 11.7 Å². The van der Waals surface area contributed by atoms with E-state index in [1.807, 2.05) is 19.9 Å². The molecule has 18 heavy (non-hydrogen) atoms. The monoisotopic (exact) mass is 263 g/mol. The number of alkyl halides is 1. The second kappa shape index (κ2) is 4.58. The Morgan fingerprint density at radius 2 is 2.00 bits per heavy atom. The van der Waals surface area contributed by atoms with Gasteiger partial charge in [-0.05, 0) is 36.6 Å². The summed E-state index contributed by atoms with van der Waals surface area (Å²) >= 11 is 5.69. The first-order chi connectivity index (χ1) is 8.47. The van der Waals surface area contributed by atoms with Crippen LogP contribution >= 0.6 is 11.6 Å². The van der Waals surface area contributed by atoms with Gasteiger partial charge in [0.15, 0.2) is 0 Å². The number of nitrogens with zero attached hydrogens (tertiary/aromatic N) is 1. The van der Waals surface area contributed by atoms with Crippen molar-refractivity contribution in [3.05, 3.63) is 41.0 Å². The van der Waals surface area contributed by atoms with Crippen molar-refractivity contribution in [1.29, 1.82) is 0 Å². The zero-order valence-corrected chi connectivity index (χ0v) is 11.2. The molecule has 0 radical (unpaired) electrons. The number of halogens is 1. The molecule has 1 heterocycles. The molecule has 3 nitrogen and oxygen atoms in total. The molecule has 1 amide bonds. The number of aryl methyl sites for hydroxylation is 1. The van der Waals surface area contributed by atoms with E-state index in [0.29, 0.717) is 23.4 Å². The minimum Gasteiger partial charge on any atom is -0.300 e. The van der Waals surface area contributed by atoms with Crippen LogP contribution in [0.4, 0.5) is 5.69 Å². The molecule has 1 aliphatic rings. The summed E-state index contributed by atoms with van der Waals surface area (Å²) in [6, 6.07) is 3.57. The first kappa shape index (κ1) is 12.8. The van der Waals surface area contributed by atoms with Crippen LogP contribution in [0.5, 0.6) is 0 Å². The van der Waals surface area contributed by atoms with Gasteiger partial charge in [0.25, 0.3) is 11.7 Å². The molecule has 1 aromatic carbocycles. The normalized spacial score (nSPS) is 14.1. The van der Waals surface area contributed by atoms with Crippen molar-refractivity contribution in [2.24, 2.45) is 0 Å². The van der Waals surface area contributed by atoms with Crippen LogP contribution in [-0.2, 0) is 4.79 Å². The molecule has 0 bridgehead atoms. The molecular weight excluding hydrogens is 250 g/mol. The minimum absolute atomic E-state index is 0.276. The summed E-state index contributed by atoms with van der Waals surface area (Å²) in [5.41, 5.74) is 3.90. The molecule has 1 aromatic rings. The Hall–Kier alpha value is -1.61. The molecular formula is C14H14ClNO2. The highest BCUT2D eigenvalue weighted by molar-refractivity contribution is 6.52. The van der Waals surface area contributed by atoms with Crippen LogP contribution in [0.1, 0.15) is 21.5 Å². The number of amides is 1. The zero-order chi connectivity index (χ0) is 13.4. The number of anilines is 1. The fourth-order valence-corrected chi connectivity index (χ4v) is 2.17. The van der Waals surface area contributed by atoms with E-state index in [2.05, 4.69) is 6.58 Å². The predicted octanol–water partition coefficient (Wildman–Crippen LogP) is 2.63. The molecule has 0 spiro atoms. The lowest BCUT2D eigenvalue weighted by atomic mass is 10.0. The van der Waals surface area contributed by atoms with Gasteiger partial charge >= 0.3 is 0 Å². The Balaban J connectivity index is 2.53. The van der Waals surface area contributed by atoms with Crippen LogP contribution in [-0.4, -0.2) is 24.1 Å². The number of carbonyl (C=O) groups excluding carboxylic acids is 2. The molecule has 0 saturated heterocycles. The highest BCUT2D eigenvalue weighted by Gasteiger charge is 2.37. The van der Waals surface area contributed by atoms with E-state index in [1.54, 1.807) is 6.07 Å². The molecule has 0 atom stereocenters. The Bertz CT molecular complexity index is 563. The van der Waals surface area contributed by atoms with Gasteiger partial charge in [-0.3, -0.25) is 9.59 Å². The van der Waals surface area contributed by atoms with Gasteiger partial charge in [0.05, 0.1) is 11.3 Å². The topological polar surface area (TPSA) is 37.4 Å². The maximum Gasteiger partial charge on any atom is 0.299 e. The summed E-state index contributed by atoms with van der Waals surface area (Å²) in [7, 11) is 0. The van der Waals surface area contributed by atoms with E-state index in [0.717, 1.165) is 11.1 Å². The number of carbonyl (C=O) groups is 2. The van der Waals surface area contributed by atoms with Gasteiger partial charge in [0.1, 0.15) is 0 Å². The highest BCUT2D eigenvalue weighted by Crippen LogP contribution is 2.34. The van der Waals surface area contributed by atoms with Gasteiger partial charge in [-0.1, -0.05) is 12.6 Å². The predicted molar refractivity (Wildman–Crippen MR) is 72.5 cm³/mol. The average molecular weight is 264 g/mol. The van der Waals surface area contributed by atoms with E-state index in [9.17, 15) is 9.59 Å². The lowest BCUT2D eigenvalue weighted by Crippen LogP contribution is -2.32. The molecule has 0 fully saturated rings. The van der Waals surface area contributed by atoms with Crippen molar-refractivity contribution < 1.29 is 9.59 Å². The average Bonchev–Trinajstić information content (AvgIpc) is 2.59. The second-order valence-electron chi connectivity index (χ2n) is 4.51. The number of hydrogen-bond acceptors (Lipinski definition) is 2.